The fourth-order valence-electron chi connectivity index (χ4n) is 3.66. The van der Waals surface area contributed by atoms with Crippen LogP contribution in [-0.2, 0) is 0 Å². The molecule has 0 heterocycles. The van der Waals surface area contributed by atoms with E-state index in [0.29, 0.717) is 0 Å². The van der Waals surface area contributed by atoms with Crippen LogP contribution in [0.2, 0.25) is 0 Å². The van der Waals surface area contributed by atoms with Crippen LogP contribution in [0.3, 0.4) is 0 Å². The second-order valence-corrected chi connectivity index (χ2v) is 13.5. The fourth-order valence-corrected chi connectivity index (χ4v) is 12.6. The zero-order valence-electron chi connectivity index (χ0n) is 15.3. The van der Waals surface area contributed by atoms with Crippen LogP contribution in [0.5, 0.6) is 5.75 Å². The van der Waals surface area contributed by atoms with Gasteiger partial charge < -0.3 is 0 Å². The van der Waals surface area contributed by atoms with E-state index in [2.05, 4.69) is 115 Å². The van der Waals surface area contributed by atoms with Gasteiger partial charge in [0.2, 0.25) is 0 Å². The summed E-state index contributed by atoms with van der Waals surface area (Å²) in [4.78, 5) is 0. The van der Waals surface area contributed by atoms with Crippen LogP contribution < -0.4 is 22.1 Å². The summed E-state index contributed by atoms with van der Waals surface area (Å²) in [7, 11) is 1.72. The van der Waals surface area contributed by atoms with Gasteiger partial charge in [-0.1, -0.05) is 0 Å². The molecule has 0 spiro atoms. The van der Waals surface area contributed by atoms with E-state index in [1.165, 1.54) is 17.4 Å². The van der Waals surface area contributed by atoms with E-state index in [-0.39, 0.29) is 0 Å². The zero-order chi connectivity index (χ0) is 18.5. The van der Waals surface area contributed by atoms with Crippen molar-refractivity contribution in [3.8, 4) is 5.75 Å². The van der Waals surface area contributed by atoms with E-state index in [1.54, 1.807) is 7.11 Å². The average molecular weight is 413 g/mol. The molecule has 0 bridgehead atoms. The predicted molar refractivity (Wildman–Crippen MR) is 117 cm³/mol. The monoisotopic (exact) mass is 413 g/mol. The van der Waals surface area contributed by atoms with Gasteiger partial charge in [-0.15, -0.1) is 0 Å². The van der Waals surface area contributed by atoms with Gasteiger partial charge in [-0.25, -0.2) is 0 Å². The molecule has 0 unspecified atom stereocenters. The van der Waals surface area contributed by atoms with Gasteiger partial charge in [-0.05, 0) is 0 Å². The molecule has 0 radical (unpaired) electrons. The van der Waals surface area contributed by atoms with Gasteiger partial charge in [-0.2, -0.15) is 0 Å². The van der Waals surface area contributed by atoms with Crippen LogP contribution in [0, 0.1) is 0 Å². The average Bonchev–Trinajstić information content (AvgIpc) is 2.77. The first-order chi connectivity index (χ1) is 13.4. The van der Waals surface area contributed by atoms with E-state index >= 15 is 0 Å². The molecule has 0 amide bonds. The van der Waals surface area contributed by atoms with Crippen molar-refractivity contribution in [2.24, 2.45) is 0 Å². The number of hydrogen-bond acceptors (Lipinski definition) is 1. The van der Waals surface area contributed by atoms with Crippen LogP contribution in [-0.4, -0.2) is 20.7 Å². The van der Waals surface area contributed by atoms with Gasteiger partial charge in [0.1, 0.15) is 0 Å². The van der Waals surface area contributed by atoms with Crippen molar-refractivity contribution < 1.29 is 4.74 Å². The molecule has 0 aliphatic heterocycles. The molecule has 132 valence electrons. The summed E-state index contributed by atoms with van der Waals surface area (Å²) < 4.78 is 11.0. The van der Waals surface area contributed by atoms with Crippen LogP contribution in [0.25, 0.3) is 0 Å². The van der Waals surface area contributed by atoms with Crippen molar-refractivity contribution in [1.82, 2.24) is 0 Å². The van der Waals surface area contributed by atoms with Crippen molar-refractivity contribution in [3.63, 3.8) is 0 Å². The summed E-state index contributed by atoms with van der Waals surface area (Å²) in [6, 6.07) is 41.6. The summed E-state index contributed by atoms with van der Waals surface area (Å²) in [5.74, 6) is 0.890. The van der Waals surface area contributed by atoms with Crippen LogP contribution >= 0.6 is 0 Å². The maximum absolute atomic E-state index is 5.42. The van der Waals surface area contributed by atoms with Crippen molar-refractivity contribution in [1.29, 1.82) is 0 Å². The van der Waals surface area contributed by atoms with E-state index in [0.717, 1.165) is 5.75 Å². The molecule has 4 aromatic rings. The Labute approximate surface area is 163 Å². The molecule has 0 atom stereocenters. The van der Waals surface area contributed by atoms with Gasteiger partial charge in [0, 0.05) is 0 Å². The molecule has 0 saturated carbocycles. The minimum absolute atomic E-state index is 0.890. The Bertz CT molecular complexity index is 884. The third-order valence-electron chi connectivity index (χ3n) is 4.89. The minimum atomic E-state index is -2.87. The van der Waals surface area contributed by atoms with Gasteiger partial charge in [0.25, 0.3) is 0 Å². The number of methoxy groups -OCH3 is 1. The molecule has 2 heteroatoms. The standard InChI is InChI=1S/C25H22AsO/c1-27-25-19-17-24(18-20-25)26(21-11-5-2-6-12-21,22-13-7-3-8-14-22)23-15-9-4-10-16-23/h2-20H,1H3/q+1. The number of rotatable bonds is 5. The molecular weight excluding hydrogens is 391 g/mol. The molecule has 4 aromatic carbocycles. The molecule has 1 nitrogen and oxygen atoms in total. The summed E-state index contributed by atoms with van der Waals surface area (Å²) in [5, 5.41) is 0. The molecule has 27 heavy (non-hydrogen) atoms. The Kier molecular flexibility index (Phi) is 5.14. The first kappa shape index (κ1) is 17.6. The third-order valence-corrected chi connectivity index (χ3v) is 13.9. The topological polar surface area (TPSA) is 9.23 Å². The molecule has 4 rings (SSSR count). The fraction of sp³-hybridized carbons (Fsp3) is 0.0400. The number of benzene rings is 4. The Morgan fingerprint density at radius 3 is 1.11 bits per heavy atom. The van der Waals surface area contributed by atoms with Crippen molar-refractivity contribution >= 4 is 31.0 Å². The zero-order valence-corrected chi connectivity index (χ0v) is 17.2. The van der Waals surface area contributed by atoms with Gasteiger partial charge >= 0.3 is 164 Å². The van der Waals surface area contributed by atoms with E-state index < -0.39 is 13.6 Å². The maximum atomic E-state index is 5.42. The molecule has 0 aliphatic rings. The molecule has 0 N–H and O–H groups in total. The first-order valence-electron chi connectivity index (χ1n) is 9.06. The Morgan fingerprint density at radius 1 is 0.444 bits per heavy atom. The Balaban J connectivity index is 2.09. The summed E-state index contributed by atoms with van der Waals surface area (Å²) in [5.41, 5.74) is 0. The number of ether oxygens (including phenoxy) is 1. The second-order valence-electron chi connectivity index (χ2n) is 6.38. The number of hydrogen-bond donors (Lipinski definition) is 0. The third kappa shape index (κ3) is 3.20. The quantitative estimate of drug-likeness (QED) is 0.457. The summed E-state index contributed by atoms with van der Waals surface area (Å²) in [6.07, 6.45) is 0. The van der Waals surface area contributed by atoms with Gasteiger partial charge in [0.05, 0.1) is 0 Å². The Morgan fingerprint density at radius 2 is 0.778 bits per heavy atom. The van der Waals surface area contributed by atoms with Crippen molar-refractivity contribution in [2.75, 3.05) is 7.11 Å². The molecule has 0 saturated heterocycles. The summed E-state index contributed by atoms with van der Waals surface area (Å²) in [6.45, 7) is 0. The Hall–Kier alpha value is -2.76. The molecular formula is C25H22AsO+. The van der Waals surface area contributed by atoms with Crippen LogP contribution in [0.4, 0.5) is 0 Å². The molecule has 0 aromatic heterocycles. The van der Waals surface area contributed by atoms with E-state index in [9.17, 15) is 0 Å². The van der Waals surface area contributed by atoms with Gasteiger partial charge in [0.15, 0.2) is 0 Å². The molecule has 0 aliphatic carbocycles. The first-order valence-corrected chi connectivity index (χ1v) is 12.8. The van der Waals surface area contributed by atoms with E-state index in [1.807, 2.05) is 0 Å². The van der Waals surface area contributed by atoms with Crippen molar-refractivity contribution in [3.05, 3.63) is 115 Å². The SMILES string of the molecule is COc1ccc([As+](c2ccccc2)(c2ccccc2)c2ccccc2)cc1. The van der Waals surface area contributed by atoms with Crippen molar-refractivity contribution in [2.45, 2.75) is 0 Å². The van der Waals surface area contributed by atoms with Gasteiger partial charge in [-0.3, -0.25) is 0 Å². The van der Waals surface area contributed by atoms with Crippen LogP contribution in [0.1, 0.15) is 0 Å². The predicted octanol–water partition coefficient (Wildman–Crippen LogP) is 3.07. The second kappa shape index (κ2) is 7.86. The normalized spacial score (nSPS) is 11.1. The van der Waals surface area contributed by atoms with Crippen LogP contribution in [0.15, 0.2) is 115 Å². The molecule has 0 fully saturated rings. The van der Waals surface area contributed by atoms with E-state index in [4.69, 9.17) is 4.74 Å². The summed E-state index contributed by atoms with van der Waals surface area (Å²) >= 11 is -2.87.